The summed E-state index contributed by atoms with van der Waals surface area (Å²) in [5, 5.41) is 4.49. The predicted octanol–water partition coefficient (Wildman–Crippen LogP) is 1.96. The SMILES string of the molecule is C[C@H](Sc1ncnc2sc3c(c12)CCC3)C(=O)N[C@H]1CCS(=O)(=O)C1. The molecule has 0 aromatic carbocycles. The molecule has 1 aliphatic heterocycles. The van der Waals surface area contributed by atoms with Crippen molar-refractivity contribution < 1.29 is 13.2 Å². The van der Waals surface area contributed by atoms with Gasteiger partial charge in [-0.25, -0.2) is 18.4 Å². The number of thiophene rings is 1. The van der Waals surface area contributed by atoms with Gasteiger partial charge in [0.15, 0.2) is 9.84 Å². The molecule has 0 radical (unpaired) electrons. The second-order valence-electron chi connectivity index (χ2n) is 6.58. The number of thioether (sulfide) groups is 1. The first-order chi connectivity index (χ1) is 11.9. The van der Waals surface area contributed by atoms with E-state index in [2.05, 4.69) is 15.3 Å². The molecule has 2 aromatic heterocycles. The Morgan fingerprint density at radius 3 is 3.00 bits per heavy atom. The topological polar surface area (TPSA) is 89.0 Å². The molecule has 0 unspecified atom stereocenters. The van der Waals surface area contributed by atoms with Gasteiger partial charge < -0.3 is 5.32 Å². The third-order valence-electron chi connectivity index (χ3n) is 4.70. The summed E-state index contributed by atoms with van der Waals surface area (Å²) in [6.45, 7) is 1.84. The minimum absolute atomic E-state index is 0.0475. The second kappa shape index (κ2) is 6.51. The van der Waals surface area contributed by atoms with Crippen LogP contribution in [0, 0.1) is 0 Å². The highest BCUT2D eigenvalue weighted by atomic mass is 32.2. The number of nitrogens with one attached hydrogen (secondary N) is 1. The van der Waals surface area contributed by atoms with Crippen LogP contribution in [0.15, 0.2) is 11.4 Å². The molecular weight excluding hydrogens is 378 g/mol. The van der Waals surface area contributed by atoms with Gasteiger partial charge in [-0.2, -0.15) is 0 Å². The van der Waals surface area contributed by atoms with Crippen molar-refractivity contribution >= 4 is 49.1 Å². The van der Waals surface area contributed by atoms with E-state index in [1.807, 2.05) is 6.92 Å². The molecule has 25 heavy (non-hydrogen) atoms. The fraction of sp³-hybridized carbons (Fsp3) is 0.562. The zero-order valence-corrected chi connectivity index (χ0v) is 16.3. The van der Waals surface area contributed by atoms with Crippen LogP contribution < -0.4 is 5.32 Å². The summed E-state index contributed by atoms with van der Waals surface area (Å²) in [5.41, 5.74) is 1.34. The summed E-state index contributed by atoms with van der Waals surface area (Å²) in [6.07, 6.45) is 5.39. The molecule has 0 bridgehead atoms. The Hall–Kier alpha value is -1.19. The largest absolute Gasteiger partial charge is 0.351 e. The van der Waals surface area contributed by atoms with E-state index in [1.165, 1.54) is 28.6 Å². The van der Waals surface area contributed by atoms with Gasteiger partial charge in [-0.3, -0.25) is 4.79 Å². The molecule has 9 heteroatoms. The number of aromatic nitrogens is 2. The van der Waals surface area contributed by atoms with E-state index in [4.69, 9.17) is 0 Å². The van der Waals surface area contributed by atoms with Crippen LogP contribution >= 0.6 is 23.1 Å². The Morgan fingerprint density at radius 1 is 1.40 bits per heavy atom. The van der Waals surface area contributed by atoms with Gasteiger partial charge in [0.25, 0.3) is 0 Å². The van der Waals surface area contributed by atoms with E-state index < -0.39 is 9.84 Å². The molecule has 1 N–H and O–H groups in total. The summed E-state index contributed by atoms with van der Waals surface area (Å²) in [7, 11) is -2.99. The maximum Gasteiger partial charge on any atom is 0.233 e. The molecular formula is C16H19N3O3S3. The van der Waals surface area contributed by atoms with E-state index in [-0.39, 0.29) is 28.7 Å². The Balaban J connectivity index is 1.50. The smallest absolute Gasteiger partial charge is 0.233 e. The Bertz CT molecular complexity index is 939. The number of hydrogen-bond donors (Lipinski definition) is 1. The maximum absolute atomic E-state index is 12.5. The van der Waals surface area contributed by atoms with Gasteiger partial charge in [0, 0.05) is 16.3 Å². The minimum atomic E-state index is -2.99. The van der Waals surface area contributed by atoms with Gasteiger partial charge in [0.2, 0.25) is 5.91 Å². The zero-order valence-electron chi connectivity index (χ0n) is 13.8. The lowest BCUT2D eigenvalue weighted by atomic mass is 10.2. The van der Waals surface area contributed by atoms with Crippen LogP contribution in [0.25, 0.3) is 10.2 Å². The average Bonchev–Trinajstić information content (AvgIpc) is 3.21. The van der Waals surface area contributed by atoms with Crippen LogP contribution in [0.4, 0.5) is 0 Å². The Labute approximate surface area is 154 Å². The monoisotopic (exact) mass is 397 g/mol. The molecule has 3 heterocycles. The molecule has 1 saturated heterocycles. The van der Waals surface area contributed by atoms with Gasteiger partial charge in [-0.15, -0.1) is 11.3 Å². The number of carbonyl (C=O) groups is 1. The van der Waals surface area contributed by atoms with Crippen molar-refractivity contribution in [3.63, 3.8) is 0 Å². The zero-order chi connectivity index (χ0) is 17.6. The first kappa shape index (κ1) is 17.2. The van der Waals surface area contributed by atoms with Crippen LogP contribution in [-0.2, 0) is 27.5 Å². The van der Waals surface area contributed by atoms with E-state index in [1.54, 1.807) is 17.7 Å². The van der Waals surface area contributed by atoms with Crippen molar-refractivity contribution in [2.45, 2.75) is 48.9 Å². The van der Waals surface area contributed by atoms with Crippen molar-refractivity contribution in [2.24, 2.45) is 0 Å². The fourth-order valence-electron chi connectivity index (χ4n) is 3.44. The van der Waals surface area contributed by atoms with Gasteiger partial charge in [-0.1, -0.05) is 11.8 Å². The standard InChI is InChI=1S/C16H19N3O3S3/c1-9(14(20)19-10-5-6-25(21,22)7-10)23-15-13-11-3-2-4-12(11)24-16(13)18-8-17-15/h8-10H,2-7H2,1H3,(H,19,20)/t9-,10-/m0/s1. The van der Waals surface area contributed by atoms with Gasteiger partial charge >= 0.3 is 0 Å². The number of fused-ring (bicyclic) bond motifs is 3. The number of carbonyl (C=O) groups excluding carboxylic acids is 1. The third-order valence-corrected chi connectivity index (χ3v) is 8.77. The number of hydrogen-bond acceptors (Lipinski definition) is 7. The summed E-state index contributed by atoms with van der Waals surface area (Å²) < 4.78 is 23.1. The minimum Gasteiger partial charge on any atom is -0.351 e. The van der Waals surface area contributed by atoms with Gasteiger partial charge in [0.1, 0.15) is 16.2 Å². The third kappa shape index (κ3) is 3.41. The number of rotatable bonds is 4. The summed E-state index contributed by atoms with van der Waals surface area (Å²) in [5.74, 6) is 0.0737. The predicted molar refractivity (Wildman–Crippen MR) is 100.0 cm³/mol. The normalized spacial score (nSPS) is 22.8. The molecule has 2 atom stereocenters. The van der Waals surface area contributed by atoms with Gasteiger partial charge in [0.05, 0.1) is 16.8 Å². The molecule has 2 aliphatic rings. The van der Waals surface area contributed by atoms with E-state index >= 15 is 0 Å². The molecule has 2 aromatic rings. The van der Waals surface area contributed by atoms with Crippen molar-refractivity contribution in [1.82, 2.24) is 15.3 Å². The number of aryl methyl sites for hydroxylation is 2. The second-order valence-corrected chi connectivity index (χ2v) is 11.2. The molecule has 1 aliphatic carbocycles. The highest BCUT2D eigenvalue weighted by Gasteiger charge is 2.30. The van der Waals surface area contributed by atoms with Gasteiger partial charge in [-0.05, 0) is 38.2 Å². The van der Waals surface area contributed by atoms with Crippen molar-refractivity contribution in [2.75, 3.05) is 11.5 Å². The van der Waals surface area contributed by atoms with Crippen molar-refractivity contribution in [1.29, 1.82) is 0 Å². The van der Waals surface area contributed by atoms with Crippen molar-refractivity contribution in [3.8, 4) is 0 Å². The summed E-state index contributed by atoms with van der Waals surface area (Å²) in [6, 6.07) is -0.267. The van der Waals surface area contributed by atoms with Crippen molar-refractivity contribution in [3.05, 3.63) is 16.8 Å². The lowest BCUT2D eigenvalue weighted by molar-refractivity contribution is -0.120. The number of sulfone groups is 1. The van der Waals surface area contributed by atoms with E-state index in [0.29, 0.717) is 6.42 Å². The number of amides is 1. The first-order valence-electron chi connectivity index (χ1n) is 8.35. The first-order valence-corrected chi connectivity index (χ1v) is 11.9. The molecule has 1 fully saturated rings. The molecule has 0 spiro atoms. The molecule has 1 amide bonds. The maximum atomic E-state index is 12.5. The van der Waals surface area contributed by atoms with E-state index in [0.717, 1.165) is 28.1 Å². The van der Waals surface area contributed by atoms with Crippen LogP contribution in [-0.4, -0.2) is 47.1 Å². The highest BCUT2D eigenvalue weighted by molar-refractivity contribution is 8.00. The fourth-order valence-corrected chi connectivity index (χ4v) is 7.36. The molecule has 0 saturated carbocycles. The van der Waals surface area contributed by atoms with E-state index in [9.17, 15) is 13.2 Å². The highest BCUT2D eigenvalue weighted by Crippen LogP contribution is 2.40. The average molecular weight is 398 g/mol. The van der Waals surface area contributed by atoms with Crippen LogP contribution in [0.3, 0.4) is 0 Å². The van der Waals surface area contributed by atoms with Crippen LogP contribution in [0.2, 0.25) is 0 Å². The quantitative estimate of drug-likeness (QED) is 0.627. The van der Waals surface area contributed by atoms with Crippen LogP contribution in [0.1, 0.15) is 30.2 Å². The number of nitrogens with zero attached hydrogens (tertiary/aromatic N) is 2. The molecule has 6 nitrogen and oxygen atoms in total. The lowest BCUT2D eigenvalue weighted by Crippen LogP contribution is -2.39. The Kier molecular flexibility index (Phi) is 4.49. The van der Waals surface area contributed by atoms with Crippen LogP contribution in [0.5, 0.6) is 0 Å². The molecule has 4 rings (SSSR count). The summed E-state index contributed by atoms with van der Waals surface area (Å²) in [4.78, 5) is 23.6. The Morgan fingerprint density at radius 2 is 2.24 bits per heavy atom. The summed E-state index contributed by atoms with van der Waals surface area (Å²) >= 11 is 3.16. The lowest BCUT2D eigenvalue weighted by Gasteiger charge is -2.15. The molecule has 134 valence electrons.